The van der Waals surface area contributed by atoms with E-state index < -0.39 is 6.04 Å². The quantitative estimate of drug-likeness (QED) is 0.919. The van der Waals surface area contributed by atoms with Crippen LogP contribution in [0.2, 0.25) is 0 Å². The van der Waals surface area contributed by atoms with Crippen molar-refractivity contribution in [2.45, 2.75) is 39.4 Å². The van der Waals surface area contributed by atoms with Gasteiger partial charge in [-0.2, -0.15) is 0 Å². The fourth-order valence-corrected chi connectivity index (χ4v) is 2.88. The lowest BCUT2D eigenvalue weighted by Crippen LogP contribution is -2.42. The predicted molar refractivity (Wildman–Crippen MR) is 88.1 cm³/mol. The van der Waals surface area contributed by atoms with Gasteiger partial charge in [0.1, 0.15) is 6.04 Å². The number of aryl methyl sites for hydroxylation is 1. The van der Waals surface area contributed by atoms with Crippen molar-refractivity contribution in [1.82, 2.24) is 4.90 Å². The van der Waals surface area contributed by atoms with Gasteiger partial charge >= 0.3 is 0 Å². The van der Waals surface area contributed by atoms with Gasteiger partial charge in [0.2, 0.25) is 5.91 Å². The number of amides is 1. The van der Waals surface area contributed by atoms with Crippen LogP contribution in [0.1, 0.15) is 35.9 Å². The third-order valence-corrected chi connectivity index (χ3v) is 4.38. The van der Waals surface area contributed by atoms with Crippen LogP contribution in [-0.4, -0.2) is 16.8 Å². The Labute approximate surface area is 130 Å². The number of nitrogens with two attached hydrogens (primary N) is 1. The van der Waals surface area contributed by atoms with Gasteiger partial charge in [-0.3, -0.25) is 4.79 Å². The molecule has 1 aromatic carbocycles. The van der Waals surface area contributed by atoms with E-state index in [-0.39, 0.29) is 11.9 Å². The monoisotopic (exact) mass is 302 g/mol. The molecule has 112 valence electrons. The van der Waals surface area contributed by atoms with Gasteiger partial charge in [0.15, 0.2) is 0 Å². The molecule has 2 N–H and O–H groups in total. The van der Waals surface area contributed by atoms with Gasteiger partial charge in [-0.1, -0.05) is 35.9 Å². The van der Waals surface area contributed by atoms with Crippen LogP contribution in [-0.2, 0) is 11.3 Å². The molecule has 0 spiro atoms. The molecule has 1 aromatic heterocycles. The average Bonchev–Trinajstić information content (AvgIpc) is 2.97. The number of carbonyl (C=O) groups is 1. The van der Waals surface area contributed by atoms with Gasteiger partial charge in [0.25, 0.3) is 0 Å². The maximum Gasteiger partial charge on any atom is 0.244 e. The average molecular weight is 302 g/mol. The molecule has 0 aliphatic carbocycles. The van der Waals surface area contributed by atoms with E-state index in [1.165, 1.54) is 4.88 Å². The summed E-state index contributed by atoms with van der Waals surface area (Å²) in [7, 11) is 0. The first-order valence-corrected chi connectivity index (χ1v) is 8.02. The van der Waals surface area contributed by atoms with E-state index in [0.717, 1.165) is 11.1 Å². The second-order valence-corrected chi connectivity index (χ2v) is 6.56. The maximum atomic E-state index is 12.7. The lowest BCUT2D eigenvalue weighted by atomic mass is 10.0. The fraction of sp³-hybridized carbons (Fsp3) is 0.353. The van der Waals surface area contributed by atoms with Crippen LogP contribution in [0.15, 0.2) is 41.8 Å². The number of hydrogen-bond acceptors (Lipinski definition) is 3. The second-order valence-electron chi connectivity index (χ2n) is 5.53. The minimum atomic E-state index is -0.604. The Morgan fingerprint density at radius 1 is 1.24 bits per heavy atom. The van der Waals surface area contributed by atoms with E-state index in [0.29, 0.717) is 6.54 Å². The highest BCUT2D eigenvalue weighted by atomic mass is 32.1. The molecule has 1 atom stereocenters. The highest BCUT2D eigenvalue weighted by Crippen LogP contribution is 2.19. The normalized spacial score (nSPS) is 12.4. The molecule has 0 bridgehead atoms. The summed E-state index contributed by atoms with van der Waals surface area (Å²) >= 11 is 1.66. The molecule has 0 fully saturated rings. The van der Waals surface area contributed by atoms with Crippen LogP contribution in [0.25, 0.3) is 0 Å². The molecule has 0 aliphatic rings. The van der Waals surface area contributed by atoms with Gasteiger partial charge in [-0.25, -0.2) is 0 Å². The van der Waals surface area contributed by atoms with Gasteiger partial charge in [0, 0.05) is 10.9 Å². The van der Waals surface area contributed by atoms with Crippen LogP contribution < -0.4 is 5.73 Å². The summed E-state index contributed by atoms with van der Waals surface area (Å²) in [5.41, 5.74) is 8.20. The number of nitrogens with zero attached hydrogens (tertiary/aromatic N) is 1. The van der Waals surface area contributed by atoms with Crippen molar-refractivity contribution >= 4 is 17.2 Å². The molecular weight excluding hydrogens is 280 g/mol. The standard InChI is InChI=1S/C17H22N2OS/c1-12(2)19(11-15-5-4-10-21-15)17(20)16(18)14-8-6-13(3)7-9-14/h4-10,12,16H,11,18H2,1-3H3. The van der Waals surface area contributed by atoms with E-state index in [1.54, 1.807) is 11.3 Å². The van der Waals surface area contributed by atoms with Crippen LogP contribution in [0.3, 0.4) is 0 Å². The summed E-state index contributed by atoms with van der Waals surface area (Å²) in [5, 5.41) is 2.03. The van der Waals surface area contributed by atoms with Crippen LogP contribution in [0.4, 0.5) is 0 Å². The number of thiophene rings is 1. The zero-order valence-corrected chi connectivity index (χ0v) is 13.6. The summed E-state index contributed by atoms with van der Waals surface area (Å²) in [6.07, 6.45) is 0. The first-order chi connectivity index (χ1) is 9.99. The summed E-state index contributed by atoms with van der Waals surface area (Å²) in [6, 6.07) is 11.4. The number of hydrogen-bond donors (Lipinski definition) is 1. The molecule has 1 unspecified atom stereocenters. The molecule has 2 aromatic rings. The third-order valence-electron chi connectivity index (χ3n) is 3.52. The van der Waals surface area contributed by atoms with E-state index in [2.05, 4.69) is 0 Å². The minimum absolute atomic E-state index is 0.0257. The molecule has 0 saturated carbocycles. The van der Waals surface area contributed by atoms with E-state index in [9.17, 15) is 4.79 Å². The summed E-state index contributed by atoms with van der Waals surface area (Å²) in [6.45, 7) is 6.68. The van der Waals surface area contributed by atoms with E-state index >= 15 is 0 Å². The first kappa shape index (κ1) is 15.7. The SMILES string of the molecule is Cc1ccc(C(N)C(=O)N(Cc2cccs2)C(C)C)cc1. The van der Waals surface area contributed by atoms with Crippen molar-refractivity contribution in [2.24, 2.45) is 5.73 Å². The molecule has 2 rings (SSSR count). The Bertz CT molecular complexity index is 575. The highest BCUT2D eigenvalue weighted by Gasteiger charge is 2.24. The largest absolute Gasteiger partial charge is 0.333 e. The zero-order chi connectivity index (χ0) is 15.4. The first-order valence-electron chi connectivity index (χ1n) is 7.14. The fourth-order valence-electron chi connectivity index (χ4n) is 2.18. The summed E-state index contributed by atoms with van der Waals surface area (Å²) < 4.78 is 0. The number of rotatable bonds is 5. The second kappa shape index (κ2) is 6.87. The Hall–Kier alpha value is -1.65. The molecule has 1 amide bonds. The Balaban J connectivity index is 2.15. The number of benzene rings is 1. The lowest BCUT2D eigenvalue weighted by molar-refractivity contribution is -0.135. The maximum absolute atomic E-state index is 12.7. The van der Waals surface area contributed by atoms with Crippen molar-refractivity contribution in [3.63, 3.8) is 0 Å². The number of carbonyl (C=O) groups excluding carboxylic acids is 1. The van der Waals surface area contributed by atoms with Crippen molar-refractivity contribution in [2.75, 3.05) is 0 Å². The Morgan fingerprint density at radius 2 is 1.90 bits per heavy atom. The molecule has 3 nitrogen and oxygen atoms in total. The van der Waals surface area contributed by atoms with Gasteiger partial charge in [-0.05, 0) is 37.8 Å². The molecule has 0 radical (unpaired) electrons. The van der Waals surface area contributed by atoms with Crippen molar-refractivity contribution in [3.05, 3.63) is 57.8 Å². The van der Waals surface area contributed by atoms with Crippen molar-refractivity contribution in [1.29, 1.82) is 0 Å². The van der Waals surface area contributed by atoms with Gasteiger partial charge in [0.05, 0.1) is 6.54 Å². The van der Waals surface area contributed by atoms with Crippen LogP contribution in [0, 0.1) is 6.92 Å². The molecule has 4 heteroatoms. The topological polar surface area (TPSA) is 46.3 Å². The van der Waals surface area contributed by atoms with Crippen LogP contribution in [0.5, 0.6) is 0 Å². The molecular formula is C17H22N2OS. The van der Waals surface area contributed by atoms with Crippen molar-refractivity contribution in [3.8, 4) is 0 Å². The molecule has 1 heterocycles. The Kier molecular flexibility index (Phi) is 5.15. The highest BCUT2D eigenvalue weighted by molar-refractivity contribution is 7.09. The van der Waals surface area contributed by atoms with Gasteiger partial charge < -0.3 is 10.6 Å². The lowest BCUT2D eigenvalue weighted by Gasteiger charge is -2.29. The summed E-state index contributed by atoms with van der Waals surface area (Å²) in [5.74, 6) is -0.0257. The minimum Gasteiger partial charge on any atom is -0.333 e. The molecule has 0 aliphatic heterocycles. The van der Waals surface area contributed by atoms with Crippen molar-refractivity contribution < 1.29 is 4.79 Å². The molecule has 21 heavy (non-hydrogen) atoms. The zero-order valence-electron chi connectivity index (χ0n) is 12.7. The molecule has 0 saturated heterocycles. The third kappa shape index (κ3) is 3.93. The van der Waals surface area contributed by atoms with Gasteiger partial charge in [-0.15, -0.1) is 11.3 Å². The smallest absolute Gasteiger partial charge is 0.244 e. The van der Waals surface area contributed by atoms with E-state index in [4.69, 9.17) is 5.73 Å². The Morgan fingerprint density at radius 3 is 2.43 bits per heavy atom. The van der Waals surface area contributed by atoms with E-state index in [1.807, 2.05) is 67.4 Å². The summed E-state index contributed by atoms with van der Waals surface area (Å²) in [4.78, 5) is 15.7. The predicted octanol–water partition coefficient (Wildman–Crippen LogP) is 3.49. The van der Waals surface area contributed by atoms with Crippen LogP contribution >= 0.6 is 11.3 Å².